The molecule has 124 valence electrons. The van der Waals surface area contributed by atoms with E-state index in [4.69, 9.17) is 0 Å². The molecule has 1 heterocycles. The second-order valence-corrected chi connectivity index (χ2v) is 4.76. The first-order chi connectivity index (χ1) is 10.7. The molecule has 0 radical (unpaired) electrons. The van der Waals surface area contributed by atoms with Crippen molar-refractivity contribution in [1.82, 2.24) is 10.4 Å². The Kier molecular flexibility index (Phi) is 4.69. The van der Waals surface area contributed by atoms with Crippen molar-refractivity contribution in [2.24, 2.45) is 0 Å². The molecule has 23 heavy (non-hydrogen) atoms. The summed E-state index contributed by atoms with van der Waals surface area (Å²) in [6, 6.07) is 1.25. The van der Waals surface area contributed by atoms with E-state index in [1.54, 1.807) is 0 Å². The van der Waals surface area contributed by atoms with E-state index in [0.29, 0.717) is 29.2 Å². The predicted octanol–water partition coefficient (Wildman–Crippen LogP) is 3.09. The monoisotopic (exact) mass is 334 g/mol. The van der Waals surface area contributed by atoms with Crippen LogP contribution in [0.25, 0.3) is 0 Å². The van der Waals surface area contributed by atoms with E-state index < -0.39 is 23.4 Å². The largest absolute Gasteiger partial charge is 0.422 e. The Labute approximate surface area is 127 Å². The predicted molar refractivity (Wildman–Crippen MR) is 68.7 cm³/mol. The van der Waals surface area contributed by atoms with E-state index in [1.165, 1.54) is 12.4 Å². The van der Waals surface area contributed by atoms with Gasteiger partial charge in [-0.05, 0) is 30.5 Å². The highest BCUT2D eigenvalue weighted by Crippen LogP contribution is 2.34. The van der Waals surface area contributed by atoms with E-state index in [9.17, 15) is 32.0 Å². The molecule has 0 fully saturated rings. The summed E-state index contributed by atoms with van der Waals surface area (Å²) in [4.78, 5) is 10.5. The van der Waals surface area contributed by atoms with Gasteiger partial charge in [-0.25, -0.2) is 13.8 Å². The molecule has 0 atom stereocenters. The minimum Gasteiger partial charge on any atom is -0.362 e. The smallest absolute Gasteiger partial charge is 0.362 e. The Morgan fingerprint density at radius 1 is 1.17 bits per heavy atom. The third-order valence-electron chi connectivity index (χ3n) is 3.14. The first-order valence-electron chi connectivity index (χ1n) is 6.38. The number of alkyl halides is 3. The third kappa shape index (κ3) is 3.86. The minimum atomic E-state index is -5.10. The molecular formula is C14H11F5N2O2. The summed E-state index contributed by atoms with van der Waals surface area (Å²) in [5.74, 6) is -3.35. The number of carbonyl (C=O) groups is 1. The van der Waals surface area contributed by atoms with Crippen LogP contribution in [0.2, 0.25) is 0 Å². The van der Waals surface area contributed by atoms with Crippen LogP contribution in [0.1, 0.15) is 17.5 Å². The summed E-state index contributed by atoms with van der Waals surface area (Å²) >= 11 is 0. The summed E-state index contributed by atoms with van der Waals surface area (Å²) in [5, 5.41) is 12.7. The molecule has 2 N–H and O–H groups in total. The molecule has 0 spiro atoms. The topological polar surface area (TPSA) is 52.6 Å². The molecule has 0 aromatic heterocycles. The molecule has 0 amide bonds. The van der Waals surface area contributed by atoms with Gasteiger partial charge in [-0.15, -0.1) is 0 Å². The number of hydroxylamine groups is 2. The van der Waals surface area contributed by atoms with E-state index in [2.05, 4.69) is 5.32 Å². The molecular weight excluding hydrogens is 323 g/mol. The summed E-state index contributed by atoms with van der Waals surface area (Å²) in [6.45, 7) is 0. The fraction of sp³-hybridized carbons (Fsp3) is 0.214. The summed E-state index contributed by atoms with van der Waals surface area (Å²) < 4.78 is 64.3. The van der Waals surface area contributed by atoms with Crippen molar-refractivity contribution >= 4 is 6.29 Å². The van der Waals surface area contributed by atoms with Gasteiger partial charge < -0.3 is 5.32 Å². The summed E-state index contributed by atoms with van der Waals surface area (Å²) in [7, 11) is 0. The maximum Gasteiger partial charge on any atom is 0.422 e. The number of hydrogen-bond acceptors (Lipinski definition) is 4. The summed E-state index contributed by atoms with van der Waals surface area (Å²) in [6.07, 6.45) is -2.11. The standard InChI is InChI=1S/C14H11F5N2O2/c15-11-3-8(4-12(16)13(11)14(17,18)19)1-2-9-6-21(23)10(7-22)5-20-9/h3-7,20,23H,1-2H2. The SMILES string of the molecule is O=CC1=CNC(CCc2cc(F)c(C(F)(F)F)c(F)c2)=CN1O. The highest BCUT2D eigenvalue weighted by Gasteiger charge is 2.37. The highest BCUT2D eigenvalue weighted by atomic mass is 19.4. The number of benzene rings is 1. The van der Waals surface area contributed by atoms with E-state index in [0.717, 1.165) is 0 Å². The van der Waals surface area contributed by atoms with E-state index in [-0.39, 0.29) is 24.1 Å². The Balaban J connectivity index is 2.10. The third-order valence-corrected chi connectivity index (χ3v) is 3.14. The van der Waals surface area contributed by atoms with Crippen molar-refractivity contribution in [3.63, 3.8) is 0 Å². The van der Waals surface area contributed by atoms with Crippen molar-refractivity contribution in [2.75, 3.05) is 0 Å². The molecule has 2 rings (SSSR count). The van der Waals surface area contributed by atoms with Crippen LogP contribution in [0.3, 0.4) is 0 Å². The van der Waals surface area contributed by atoms with Crippen molar-refractivity contribution in [3.8, 4) is 0 Å². The zero-order valence-electron chi connectivity index (χ0n) is 11.5. The Morgan fingerprint density at radius 2 is 1.78 bits per heavy atom. The average Bonchev–Trinajstić information content (AvgIpc) is 2.43. The molecule has 0 aliphatic carbocycles. The number of nitrogens with zero attached hydrogens (tertiary/aromatic N) is 1. The minimum absolute atomic E-state index is 0.0307. The van der Waals surface area contributed by atoms with Crippen LogP contribution in [0.5, 0.6) is 0 Å². The van der Waals surface area contributed by atoms with Crippen LogP contribution in [-0.2, 0) is 17.4 Å². The zero-order valence-corrected chi connectivity index (χ0v) is 11.5. The van der Waals surface area contributed by atoms with Crippen LogP contribution >= 0.6 is 0 Å². The molecule has 1 aromatic carbocycles. The molecule has 0 unspecified atom stereocenters. The van der Waals surface area contributed by atoms with Gasteiger partial charge in [0.1, 0.15) is 22.9 Å². The number of aldehydes is 1. The van der Waals surface area contributed by atoms with Gasteiger partial charge in [-0.2, -0.15) is 13.2 Å². The Morgan fingerprint density at radius 3 is 2.26 bits per heavy atom. The van der Waals surface area contributed by atoms with Crippen molar-refractivity contribution in [3.05, 3.63) is 58.7 Å². The zero-order chi connectivity index (χ0) is 17.2. The fourth-order valence-corrected chi connectivity index (χ4v) is 2.04. The average molecular weight is 334 g/mol. The lowest BCUT2D eigenvalue weighted by Crippen LogP contribution is -2.24. The van der Waals surface area contributed by atoms with Gasteiger partial charge in [0.25, 0.3) is 0 Å². The van der Waals surface area contributed by atoms with Gasteiger partial charge >= 0.3 is 6.18 Å². The number of carbonyl (C=O) groups excluding carboxylic acids is 1. The van der Waals surface area contributed by atoms with Crippen molar-refractivity contribution in [1.29, 1.82) is 0 Å². The van der Waals surface area contributed by atoms with Crippen LogP contribution in [0, 0.1) is 11.6 Å². The van der Waals surface area contributed by atoms with Gasteiger partial charge in [0, 0.05) is 11.9 Å². The number of allylic oxidation sites excluding steroid dienone is 2. The molecule has 1 aromatic rings. The highest BCUT2D eigenvalue weighted by molar-refractivity contribution is 5.72. The number of halogens is 5. The molecule has 0 saturated heterocycles. The number of rotatable bonds is 4. The number of aryl methyl sites for hydroxylation is 1. The molecule has 0 saturated carbocycles. The van der Waals surface area contributed by atoms with E-state index in [1.807, 2.05) is 0 Å². The first-order valence-corrected chi connectivity index (χ1v) is 6.38. The maximum absolute atomic E-state index is 13.4. The summed E-state index contributed by atoms with van der Waals surface area (Å²) in [5.41, 5.74) is -1.51. The first kappa shape index (κ1) is 16.9. The second kappa shape index (κ2) is 6.37. The lowest BCUT2D eigenvalue weighted by molar-refractivity contribution is -0.142. The molecule has 9 heteroatoms. The second-order valence-electron chi connectivity index (χ2n) is 4.76. The quantitative estimate of drug-likeness (QED) is 0.656. The molecule has 1 aliphatic rings. The van der Waals surface area contributed by atoms with Gasteiger partial charge in [-0.1, -0.05) is 0 Å². The van der Waals surface area contributed by atoms with E-state index >= 15 is 0 Å². The van der Waals surface area contributed by atoms with Gasteiger partial charge in [0.15, 0.2) is 6.29 Å². The fourth-order valence-electron chi connectivity index (χ4n) is 2.04. The molecule has 0 bridgehead atoms. The van der Waals surface area contributed by atoms with Crippen molar-refractivity contribution < 1.29 is 32.0 Å². The van der Waals surface area contributed by atoms with Crippen molar-refractivity contribution in [2.45, 2.75) is 19.0 Å². The number of hydrogen-bond donors (Lipinski definition) is 2. The molecule has 1 aliphatic heterocycles. The lowest BCUT2D eigenvalue weighted by Gasteiger charge is -2.20. The normalized spacial score (nSPS) is 15.0. The number of nitrogens with one attached hydrogen (secondary N) is 1. The van der Waals surface area contributed by atoms with Crippen LogP contribution in [-0.4, -0.2) is 16.6 Å². The Hall–Kier alpha value is -2.42. The maximum atomic E-state index is 13.4. The molecule has 4 nitrogen and oxygen atoms in total. The Bertz CT molecular complexity index is 659. The van der Waals surface area contributed by atoms with Crippen LogP contribution in [0.4, 0.5) is 22.0 Å². The van der Waals surface area contributed by atoms with Gasteiger partial charge in [0.2, 0.25) is 0 Å². The van der Waals surface area contributed by atoms with Crippen LogP contribution in [0.15, 0.2) is 35.9 Å². The lowest BCUT2D eigenvalue weighted by atomic mass is 10.0. The van der Waals surface area contributed by atoms with Gasteiger partial charge in [0.05, 0.1) is 6.20 Å². The van der Waals surface area contributed by atoms with Gasteiger partial charge in [-0.3, -0.25) is 10.0 Å². The van der Waals surface area contributed by atoms with Crippen LogP contribution < -0.4 is 5.32 Å².